The lowest BCUT2D eigenvalue weighted by Crippen LogP contribution is -2.41. The van der Waals surface area contributed by atoms with Gasteiger partial charge in [0.1, 0.15) is 0 Å². The van der Waals surface area contributed by atoms with Gasteiger partial charge in [-0.1, -0.05) is 6.07 Å². The zero-order valence-electron chi connectivity index (χ0n) is 11.2. The second-order valence-electron chi connectivity index (χ2n) is 5.76. The van der Waals surface area contributed by atoms with Crippen LogP contribution in [0.1, 0.15) is 25.0 Å². The number of aliphatic carboxylic acids is 1. The molecule has 2 fully saturated rings. The van der Waals surface area contributed by atoms with E-state index in [0.717, 1.165) is 25.0 Å². The first-order valence-electron chi connectivity index (χ1n) is 7.07. The second-order valence-corrected chi connectivity index (χ2v) is 5.76. The van der Waals surface area contributed by atoms with Crippen LogP contribution in [0.15, 0.2) is 24.4 Å². The molecule has 0 radical (unpaired) electrons. The molecule has 2 aliphatic carbocycles. The van der Waals surface area contributed by atoms with E-state index in [4.69, 9.17) is 0 Å². The molecule has 1 aromatic heterocycles. The lowest BCUT2D eigenvalue weighted by Gasteiger charge is -2.26. The van der Waals surface area contributed by atoms with Crippen molar-refractivity contribution in [2.75, 3.05) is 0 Å². The van der Waals surface area contributed by atoms with Gasteiger partial charge in [0.25, 0.3) is 0 Å². The van der Waals surface area contributed by atoms with Crippen LogP contribution in [0.5, 0.6) is 0 Å². The monoisotopic (exact) mass is 274 g/mol. The number of rotatable bonds is 4. The average molecular weight is 274 g/mol. The highest BCUT2D eigenvalue weighted by atomic mass is 16.4. The van der Waals surface area contributed by atoms with Gasteiger partial charge in [0.15, 0.2) is 0 Å². The summed E-state index contributed by atoms with van der Waals surface area (Å²) in [6.07, 6.45) is 4.50. The molecule has 1 aromatic rings. The van der Waals surface area contributed by atoms with E-state index in [2.05, 4.69) is 10.3 Å². The number of carboxylic acids is 1. The number of nitrogens with one attached hydrogen (secondary N) is 1. The Morgan fingerprint density at radius 3 is 2.65 bits per heavy atom. The Kier molecular flexibility index (Phi) is 3.42. The zero-order chi connectivity index (χ0) is 14.1. The highest BCUT2D eigenvalue weighted by molar-refractivity contribution is 5.86. The van der Waals surface area contributed by atoms with E-state index < -0.39 is 11.9 Å². The smallest absolute Gasteiger partial charge is 0.307 e. The fourth-order valence-electron chi connectivity index (χ4n) is 3.82. The quantitative estimate of drug-likeness (QED) is 0.871. The van der Waals surface area contributed by atoms with Crippen molar-refractivity contribution in [2.24, 2.45) is 23.7 Å². The number of pyridine rings is 1. The van der Waals surface area contributed by atoms with Crippen LogP contribution in [0.2, 0.25) is 0 Å². The van der Waals surface area contributed by atoms with E-state index in [-0.39, 0.29) is 23.7 Å². The molecule has 2 N–H and O–H groups in total. The lowest BCUT2D eigenvalue weighted by molar-refractivity contribution is -0.149. The van der Waals surface area contributed by atoms with Crippen molar-refractivity contribution in [3.8, 4) is 0 Å². The minimum absolute atomic E-state index is 0.129. The molecule has 0 saturated heterocycles. The molecule has 106 valence electrons. The van der Waals surface area contributed by atoms with Crippen LogP contribution in [-0.4, -0.2) is 22.0 Å². The molecule has 2 saturated carbocycles. The molecule has 1 heterocycles. The Labute approximate surface area is 117 Å². The van der Waals surface area contributed by atoms with Gasteiger partial charge in [-0.3, -0.25) is 14.6 Å². The molecule has 5 nitrogen and oxygen atoms in total. The number of fused-ring (bicyclic) bond motifs is 2. The molecule has 2 aliphatic rings. The summed E-state index contributed by atoms with van der Waals surface area (Å²) in [5.41, 5.74) is 0.788. The summed E-state index contributed by atoms with van der Waals surface area (Å²) in [4.78, 5) is 27.9. The molecule has 1 amide bonds. The van der Waals surface area contributed by atoms with Crippen molar-refractivity contribution in [1.82, 2.24) is 10.3 Å². The van der Waals surface area contributed by atoms with Gasteiger partial charge in [-0.2, -0.15) is 0 Å². The number of nitrogens with zero attached hydrogens (tertiary/aromatic N) is 1. The van der Waals surface area contributed by atoms with Gasteiger partial charge in [0.2, 0.25) is 5.91 Å². The van der Waals surface area contributed by atoms with Crippen molar-refractivity contribution >= 4 is 11.9 Å². The largest absolute Gasteiger partial charge is 0.481 e. The van der Waals surface area contributed by atoms with Crippen LogP contribution < -0.4 is 5.32 Å². The molecular formula is C15H18N2O3. The SMILES string of the molecule is O=C(O)[C@@H]1[C@H]2CC[C@@H](C2)[C@@H]1C(=O)NCc1ccccn1. The summed E-state index contributed by atoms with van der Waals surface area (Å²) < 4.78 is 0. The molecule has 3 rings (SSSR count). The summed E-state index contributed by atoms with van der Waals surface area (Å²) in [6, 6.07) is 5.53. The lowest BCUT2D eigenvalue weighted by atomic mass is 9.78. The Morgan fingerprint density at radius 1 is 1.25 bits per heavy atom. The van der Waals surface area contributed by atoms with Gasteiger partial charge in [-0.25, -0.2) is 0 Å². The van der Waals surface area contributed by atoms with Gasteiger partial charge >= 0.3 is 5.97 Å². The number of carboxylic acid groups (broad SMARTS) is 1. The van der Waals surface area contributed by atoms with E-state index in [1.54, 1.807) is 6.20 Å². The van der Waals surface area contributed by atoms with E-state index in [9.17, 15) is 14.7 Å². The summed E-state index contributed by atoms with van der Waals surface area (Å²) in [5, 5.41) is 12.2. The molecular weight excluding hydrogens is 256 g/mol. The van der Waals surface area contributed by atoms with Crippen LogP contribution >= 0.6 is 0 Å². The molecule has 0 unspecified atom stereocenters. The predicted octanol–water partition coefficient (Wildman–Crippen LogP) is 1.44. The minimum Gasteiger partial charge on any atom is -0.481 e. The van der Waals surface area contributed by atoms with Crippen LogP contribution in [-0.2, 0) is 16.1 Å². The van der Waals surface area contributed by atoms with Gasteiger partial charge in [-0.05, 0) is 43.2 Å². The van der Waals surface area contributed by atoms with Crippen molar-refractivity contribution in [3.63, 3.8) is 0 Å². The summed E-state index contributed by atoms with van der Waals surface area (Å²) >= 11 is 0. The fourth-order valence-corrected chi connectivity index (χ4v) is 3.82. The van der Waals surface area contributed by atoms with E-state index in [1.165, 1.54) is 0 Å². The highest BCUT2D eigenvalue weighted by Gasteiger charge is 2.53. The standard InChI is InChI=1S/C15H18N2O3/c18-14(17-8-11-3-1-2-6-16-11)12-9-4-5-10(7-9)13(12)15(19)20/h1-3,6,9-10,12-13H,4-5,7-8H2,(H,17,18)(H,19,20)/t9-,10-,12-,13+/m0/s1. The third kappa shape index (κ3) is 2.28. The number of amides is 1. The van der Waals surface area contributed by atoms with Crippen molar-refractivity contribution in [2.45, 2.75) is 25.8 Å². The molecule has 20 heavy (non-hydrogen) atoms. The molecule has 0 spiro atoms. The second kappa shape index (κ2) is 5.23. The maximum Gasteiger partial charge on any atom is 0.307 e. The Balaban J connectivity index is 1.66. The molecule has 2 bridgehead atoms. The van der Waals surface area contributed by atoms with Crippen LogP contribution in [0, 0.1) is 23.7 Å². The Hall–Kier alpha value is -1.91. The molecule has 4 atom stereocenters. The summed E-state index contributed by atoms with van der Waals surface area (Å²) in [6.45, 7) is 0.361. The molecule has 0 aromatic carbocycles. The normalized spacial score (nSPS) is 31.2. The van der Waals surface area contributed by atoms with Crippen molar-refractivity contribution in [3.05, 3.63) is 30.1 Å². The van der Waals surface area contributed by atoms with E-state index in [1.807, 2.05) is 18.2 Å². The maximum absolute atomic E-state index is 12.3. The zero-order valence-corrected chi connectivity index (χ0v) is 11.2. The van der Waals surface area contributed by atoms with Crippen LogP contribution in [0.3, 0.4) is 0 Å². The maximum atomic E-state index is 12.3. The van der Waals surface area contributed by atoms with Gasteiger partial charge < -0.3 is 10.4 Å². The predicted molar refractivity (Wildman–Crippen MR) is 71.5 cm³/mol. The van der Waals surface area contributed by atoms with Crippen molar-refractivity contribution in [1.29, 1.82) is 0 Å². The van der Waals surface area contributed by atoms with Crippen LogP contribution in [0.4, 0.5) is 0 Å². The number of carbonyl (C=O) groups is 2. The molecule has 5 heteroatoms. The van der Waals surface area contributed by atoms with Gasteiger partial charge in [0.05, 0.1) is 24.1 Å². The third-order valence-corrected chi connectivity index (χ3v) is 4.67. The summed E-state index contributed by atoms with van der Waals surface area (Å²) in [7, 11) is 0. The Bertz CT molecular complexity index is 517. The minimum atomic E-state index is -0.824. The number of carbonyl (C=O) groups excluding carboxylic acids is 1. The fraction of sp³-hybridized carbons (Fsp3) is 0.533. The average Bonchev–Trinajstić information content (AvgIpc) is 3.06. The first-order valence-corrected chi connectivity index (χ1v) is 7.07. The van der Waals surface area contributed by atoms with Gasteiger partial charge in [0, 0.05) is 6.20 Å². The van der Waals surface area contributed by atoms with E-state index in [0.29, 0.717) is 6.54 Å². The first-order chi connectivity index (χ1) is 9.66. The number of hydrogen-bond acceptors (Lipinski definition) is 3. The highest BCUT2D eigenvalue weighted by Crippen LogP contribution is 2.52. The van der Waals surface area contributed by atoms with Gasteiger partial charge in [-0.15, -0.1) is 0 Å². The van der Waals surface area contributed by atoms with Crippen molar-refractivity contribution < 1.29 is 14.7 Å². The number of hydrogen-bond donors (Lipinski definition) is 2. The topological polar surface area (TPSA) is 79.3 Å². The van der Waals surface area contributed by atoms with E-state index >= 15 is 0 Å². The van der Waals surface area contributed by atoms with Crippen LogP contribution in [0.25, 0.3) is 0 Å². The number of aromatic nitrogens is 1. The summed E-state index contributed by atoms with van der Waals surface area (Å²) in [5.74, 6) is -1.40. The molecule has 0 aliphatic heterocycles. The first kappa shape index (κ1) is 13.1. The third-order valence-electron chi connectivity index (χ3n) is 4.67. The Morgan fingerprint density at radius 2 is 2.00 bits per heavy atom.